The van der Waals surface area contributed by atoms with Crippen molar-refractivity contribution in [1.29, 1.82) is 0 Å². The van der Waals surface area contributed by atoms with Crippen LogP contribution in [0.3, 0.4) is 0 Å². The Balaban J connectivity index is -0.000000294. The van der Waals surface area contributed by atoms with Gasteiger partial charge in [-0.1, -0.05) is 40.5 Å². The van der Waals surface area contributed by atoms with Crippen LogP contribution < -0.4 is 0 Å². The van der Waals surface area contributed by atoms with E-state index in [4.69, 9.17) is 44.7 Å². The molecule has 18 nitrogen and oxygen atoms in total. The average Bonchev–Trinajstić information content (AvgIpc) is 3.11. The predicted molar refractivity (Wildman–Crippen MR) is 184 cm³/mol. The molecule has 0 bridgehead atoms. The first-order chi connectivity index (χ1) is 25.3. The van der Waals surface area contributed by atoms with Gasteiger partial charge in [-0.15, -0.1) is 0 Å². The van der Waals surface area contributed by atoms with Gasteiger partial charge in [0.1, 0.15) is 5.78 Å². The summed E-state index contributed by atoms with van der Waals surface area (Å²) < 4.78 is 4.57. The number of hydrogen-bond acceptors (Lipinski definition) is 13. The zero-order valence-electron chi connectivity index (χ0n) is 31.7. The number of esters is 1. The Morgan fingerprint density at radius 1 is 0.704 bits per heavy atom. The van der Waals surface area contributed by atoms with Crippen LogP contribution in [0.1, 0.15) is 124 Å². The number of rotatable bonds is 15. The number of ketones is 1. The molecule has 0 radical (unpaired) electrons. The van der Waals surface area contributed by atoms with Crippen LogP contribution in [0.25, 0.3) is 0 Å². The van der Waals surface area contributed by atoms with Crippen molar-refractivity contribution in [3.8, 4) is 0 Å². The Kier molecular flexibility index (Phi) is 36.5. The number of hydrogen-bond donors (Lipinski definition) is 6. The molecule has 7 unspecified atom stereocenters. The number of carboxylic acid groups (broad SMARTS) is 5. The number of carbonyl (C=O) groups is 7. The maximum Gasteiger partial charge on any atom is 0.373 e. The van der Waals surface area contributed by atoms with Gasteiger partial charge in [-0.3, -0.25) is 33.6 Å². The third-order valence-corrected chi connectivity index (χ3v) is 8.85. The summed E-state index contributed by atoms with van der Waals surface area (Å²) >= 11 is 0. The largest absolute Gasteiger partial charge is 0.481 e. The van der Waals surface area contributed by atoms with Crippen molar-refractivity contribution in [2.45, 2.75) is 130 Å². The van der Waals surface area contributed by atoms with Gasteiger partial charge in [-0.05, 0) is 70.1 Å². The van der Waals surface area contributed by atoms with Crippen LogP contribution in [0.5, 0.6) is 0 Å². The summed E-state index contributed by atoms with van der Waals surface area (Å²) in [5, 5.41) is 52.1. The molecular formula is C36H58O18. The van der Waals surface area contributed by atoms with E-state index in [9.17, 15) is 38.7 Å². The molecule has 2 aliphatic rings. The molecule has 7 atom stereocenters. The summed E-state index contributed by atoms with van der Waals surface area (Å²) in [6.45, 7) is 7.63. The SMILES string of the molecule is CCC(CCC(=O)O)C(=O)O.CCC1CC(C(=O)O)CCC1=O.CCC1CC(C(=O)O)CCC1O.CCCC(CCC(=O)O)C(=O)OC.O=C=O.O=C=O. The molecule has 0 aliphatic heterocycles. The van der Waals surface area contributed by atoms with Crippen molar-refractivity contribution in [3.63, 3.8) is 0 Å². The third kappa shape index (κ3) is 29.8. The van der Waals surface area contributed by atoms with E-state index in [1.807, 2.05) is 20.8 Å². The topological polar surface area (TPSA) is 318 Å². The fourth-order valence-corrected chi connectivity index (χ4v) is 5.64. The van der Waals surface area contributed by atoms with Crippen LogP contribution in [0, 0.1) is 35.5 Å². The summed E-state index contributed by atoms with van der Waals surface area (Å²) in [5.74, 6) is -5.31. The highest BCUT2D eigenvalue weighted by atomic mass is 16.5. The highest BCUT2D eigenvalue weighted by Gasteiger charge is 2.32. The van der Waals surface area contributed by atoms with Gasteiger partial charge < -0.3 is 35.4 Å². The molecule has 0 aromatic rings. The van der Waals surface area contributed by atoms with Gasteiger partial charge in [-0.25, -0.2) is 0 Å². The molecule has 2 rings (SSSR count). The van der Waals surface area contributed by atoms with E-state index < -0.39 is 35.8 Å². The molecule has 310 valence electrons. The van der Waals surface area contributed by atoms with Crippen LogP contribution in [-0.2, 0) is 57.5 Å². The van der Waals surface area contributed by atoms with Crippen LogP contribution in [0.15, 0.2) is 0 Å². The minimum Gasteiger partial charge on any atom is -0.481 e. The smallest absolute Gasteiger partial charge is 0.373 e. The Labute approximate surface area is 314 Å². The van der Waals surface area contributed by atoms with Crippen molar-refractivity contribution in [1.82, 2.24) is 0 Å². The van der Waals surface area contributed by atoms with E-state index >= 15 is 0 Å². The number of aliphatic hydroxyl groups excluding tert-OH is 1. The molecule has 0 heterocycles. The summed E-state index contributed by atoms with van der Waals surface area (Å²) in [4.78, 5) is 107. The summed E-state index contributed by atoms with van der Waals surface area (Å²) in [6.07, 6.45) is 7.95. The number of aliphatic hydroxyl groups is 1. The molecule has 2 saturated carbocycles. The van der Waals surface area contributed by atoms with E-state index in [-0.39, 0.29) is 79.0 Å². The fraction of sp³-hybridized carbons (Fsp3) is 0.750. The second kappa shape index (κ2) is 35.3. The van der Waals surface area contributed by atoms with Gasteiger partial charge in [0.05, 0.1) is 36.9 Å². The fourth-order valence-electron chi connectivity index (χ4n) is 5.64. The van der Waals surface area contributed by atoms with Crippen molar-refractivity contribution < 1.29 is 88.1 Å². The lowest BCUT2D eigenvalue weighted by Gasteiger charge is -2.30. The quantitative estimate of drug-likeness (QED) is 0.128. The van der Waals surface area contributed by atoms with Crippen molar-refractivity contribution in [3.05, 3.63) is 0 Å². The second-order valence-corrected chi connectivity index (χ2v) is 12.4. The number of methoxy groups -OCH3 is 1. The normalized spacial score (nSPS) is 20.6. The number of ether oxygens (including phenoxy) is 1. The van der Waals surface area contributed by atoms with E-state index in [1.54, 1.807) is 6.92 Å². The Morgan fingerprint density at radius 2 is 1.17 bits per heavy atom. The molecule has 2 fully saturated rings. The Bertz CT molecular complexity index is 1170. The molecule has 0 aromatic carbocycles. The molecule has 0 amide bonds. The van der Waals surface area contributed by atoms with Gasteiger partial charge in [0, 0.05) is 25.2 Å². The molecule has 0 spiro atoms. The molecule has 2 aliphatic carbocycles. The van der Waals surface area contributed by atoms with Crippen LogP contribution in [0.4, 0.5) is 0 Å². The monoisotopic (exact) mass is 778 g/mol. The first-order valence-electron chi connectivity index (χ1n) is 17.7. The van der Waals surface area contributed by atoms with Crippen LogP contribution >= 0.6 is 0 Å². The van der Waals surface area contributed by atoms with E-state index in [0.29, 0.717) is 57.8 Å². The van der Waals surface area contributed by atoms with Gasteiger partial charge >= 0.3 is 48.1 Å². The second-order valence-electron chi connectivity index (χ2n) is 12.4. The average molecular weight is 779 g/mol. The molecule has 18 heteroatoms. The Morgan fingerprint density at radius 3 is 1.52 bits per heavy atom. The minimum absolute atomic E-state index is 0.000139. The molecule has 0 aromatic heterocycles. The first-order valence-corrected chi connectivity index (χ1v) is 17.7. The van der Waals surface area contributed by atoms with Gasteiger partial charge in [0.2, 0.25) is 0 Å². The molecule has 6 N–H and O–H groups in total. The lowest BCUT2D eigenvalue weighted by molar-refractivity contribution is -0.193. The van der Waals surface area contributed by atoms with Crippen molar-refractivity contribution in [2.75, 3.05) is 7.11 Å². The van der Waals surface area contributed by atoms with E-state index in [1.165, 1.54) is 7.11 Å². The maximum absolute atomic E-state index is 11.2. The first kappa shape index (κ1) is 56.0. The highest BCUT2D eigenvalue weighted by Crippen LogP contribution is 2.31. The zero-order valence-corrected chi connectivity index (χ0v) is 31.7. The lowest BCUT2D eigenvalue weighted by atomic mass is 9.78. The number of aliphatic carboxylic acids is 5. The zero-order chi connectivity index (χ0) is 42.8. The molecule has 54 heavy (non-hydrogen) atoms. The number of carboxylic acids is 5. The minimum atomic E-state index is -0.940. The number of Topliss-reactive ketones (excluding diaryl/α,β-unsaturated/α-hetero) is 1. The highest BCUT2D eigenvalue weighted by molar-refractivity contribution is 5.84. The molecular weight excluding hydrogens is 720 g/mol. The Hall–Kier alpha value is -4.79. The standard InChI is InChI=1S/C9H16O4.C9H16O3.C9H14O3.C7H12O4.2CO2/c1-3-4-7(9(12)13-2)5-6-8(10)11;2*1-2-6-5-7(9(11)12)3-4-8(6)10;1-2-5(7(10)11)3-4-6(8)9;2*2-1-3/h7H,3-6H2,1-2H3,(H,10,11);6-8,10H,2-5H2,1H3,(H,11,12);6-7H,2-5H2,1H3,(H,11,12);5H,2-4H2,1H3,(H,8,9)(H,10,11);;. The van der Waals surface area contributed by atoms with Crippen molar-refractivity contribution >= 4 is 53.9 Å². The summed E-state index contributed by atoms with van der Waals surface area (Å²) in [5.41, 5.74) is 0. The predicted octanol–water partition coefficient (Wildman–Crippen LogP) is 3.96. The maximum atomic E-state index is 11.2. The molecule has 0 saturated heterocycles. The van der Waals surface area contributed by atoms with Gasteiger partial charge in [-0.2, -0.15) is 19.2 Å². The van der Waals surface area contributed by atoms with Gasteiger partial charge in [0.15, 0.2) is 0 Å². The van der Waals surface area contributed by atoms with Gasteiger partial charge in [0.25, 0.3) is 0 Å². The van der Waals surface area contributed by atoms with Crippen molar-refractivity contribution in [2.24, 2.45) is 35.5 Å². The third-order valence-electron chi connectivity index (χ3n) is 8.85. The number of carbonyl (C=O) groups excluding carboxylic acids is 6. The van der Waals surface area contributed by atoms with E-state index in [2.05, 4.69) is 4.74 Å². The lowest BCUT2D eigenvalue weighted by Crippen LogP contribution is -2.32. The van der Waals surface area contributed by atoms with E-state index in [0.717, 1.165) is 19.3 Å². The van der Waals surface area contributed by atoms with Crippen LogP contribution in [0.2, 0.25) is 0 Å². The summed E-state index contributed by atoms with van der Waals surface area (Å²) in [7, 11) is 1.33. The van der Waals surface area contributed by atoms with Crippen LogP contribution in [-0.4, -0.2) is 97.8 Å². The summed E-state index contributed by atoms with van der Waals surface area (Å²) in [6, 6.07) is 0.